The molecule has 1 aromatic rings. The summed E-state index contributed by atoms with van der Waals surface area (Å²) in [4.78, 5) is 28.0. The fraction of sp³-hybridized carbons (Fsp3) is 0.765. The van der Waals surface area contributed by atoms with Crippen molar-refractivity contribution in [3.8, 4) is 0 Å². The second kappa shape index (κ2) is 6.18. The van der Waals surface area contributed by atoms with Crippen LogP contribution in [-0.4, -0.2) is 62.8 Å². The lowest BCUT2D eigenvalue weighted by molar-refractivity contribution is -0.139. The molecule has 2 aliphatic heterocycles. The molecule has 2 amide bonds. The monoisotopic (exact) mass is 331 g/mol. The largest absolute Gasteiger partial charge is 0.343 e. The zero-order valence-corrected chi connectivity index (χ0v) is 14.2. The van der Waals surface area contributed by atoms with Crippen molar-refractivity contribution in [1.82, 2.24) is 24.8 Å². The first-order valence-electron chi connectivity index (χ1n) is 9.08. The molecule has 2 saturated heterocycles. The van der Waals surface area contributed by atoms with E-state index in [2.05, 4.69) is 16.5 Å². The number of hydrogen-bond donors (Lipinski definition) is 0. The summed E-state index contributed by atoms with van der Waals surface area (Å²) in [6, 6.07) is 0.256. The van der Waals surface area contributed by atoms with E-state index >= 15 is 0 Å². The van der Waals surface area contributed by atoms with E-state index in [1.807, 2.05) is 14.5 Å². The summed E-state index contributed by atoms with van der Waals surface area (Å²) < 4.78 is 1.96. The molecular formula is C17H25N5O2. The number of carbonyl (C=O) groups excluding carboxylic acids is 2. The Labute approximate surface area is 142 Å². The van der Waals surface area contributed by atoms with E-state index in [0.29, 0.717) is 19.0 Å². The minimum absolute atomic E-state index is 0.0668. The van der Waals surface area contributed by atoms with Gasteiger partial charge >= 0.3 is 0 Å². The molecule has 130 valence electrons. The summed E-state index contributed by atoms with van der Waals surface area (Å²) in [5, 5.41) is 8.56. The summed E-state index contributed by atoms with van der Waals surface area (Å²) in [7, 11) is 0. The molecule has 1 aromatic heterocycles. The van der Waals surface area contributed by atoms with Crippen molar-refractivity contribution in [3.63, 3.8) is 0 Å². The van der Waals surface area contributed by atoms with E-state index in [4.69, 9.17) is 0 Å². The van der Waals surface area contributed by atoms with Gasteiger partial charge in [-0.3, -0.25) is 9.59 Å². The van der Waals surface area contributed by atoms with Crippen LogP contribution in [0.1, 0.15) is 56.7 Å². The zero-order valence-electron chi connectivity index (χ0n) is 14.2. The maximum Gasteiger partial charge on any atom is 0.225 e. The Morgan fingerprint density at radius 2 is 1.75 bits per heavy atom. The van der Waals surface area contributed by atoms with Crippen LogP contribution in [0.4, 0.5) is 0 Å². The number of piperidine rings is 1. The van der Waals surface area contributed by atoms with Crippen molar-refractivity contribution in [2.45, 2.75) is 51.0 Å². The summed E-state index contributed by atoms with van der Waals surface area (Å²) in [6.45, 7) is 4.54. The van der Waals surface area contributed by atoms with Gasteiger partial charge in [-0.25, -0.2) is 4.68 Å². The highest BCUT2D eigenvalue weighted by Gasteiger charge is 2.35. The lowest BCUT2D eigenvalue weighted by Gasteiger charge is -2.32. The fourth-order valence-corrected chi connectivity index (χ4v) is 3.89. The standard InChI is InChI=1S/C17H25N5O2/c1-12(23)20-7-4-14(5-8-20)17(24)21-9-6-15(10-21)22-11-16(18-19-22)13-2-3-13/h11,13-15H,2-10H2,1H3. The van der Waals surface area contributed by atoms with Gasteiger partial charge in [0.1, 0.15) is 0 Å². The molecule has 0 bridgehead atoms. The van der Waals surface area contributed by atoms with Crippen LogP contribution in [0, 0.1) is 5.92 Å². The first-order valence-corrected chi connectivity index (χ1v) is 9.08. The molecule has 3 heterocycles. The van der Waals surface area contributed by atoms with Gasteiger partial charge in [-0.2, -0.15) is 0 Å². The molecular weight excluding hydrogens is 306 g/mol. The Bertz CT molecular complexity index is 631. The summed E-state index contributed by atoms with van der Waals surface area (Å²) in [6.07, 6.45) is 7.05. The van der Waals surface area contributed by atoms with E-state index in [1.54, 1.807) is 6.92 Å². The van der Waals surface area contributed by atoms with E-state index in [9.17, 15) is 9.59 Å². The highest BCUT2D eigenvalue weighted by atomic mass is 16.2. The molecule has 0 aromatic carbocycles. The van der Waals surface area contributed by atoms with Crippen molar-refractivity contribution in [2.75, 3.05) is 26.2 Å². The smallest absolute Gasteiger partial charge is 0.225 e. The first-order chi connectivity index (χ1) is 11.6. The van der Waals surface area contributed by atoms with Crippen LogP contribution in [0.3, 0.4) is 0 Å². The Hall–Kier alpha value is -1.92. The maximum absolute atomic E-state index is 12.8. The van der Waals surface area contributed by atoms with Gasteiger partial charge in [-0.05, 0) is 32.1 Å². The fourth-order valence-electron chi connectivity index (χ4n) is 3.89. The number of likely N-dealkylation sites (tertiary alicyclic amines) is 2. The summed E-state index contributed by atoms with van der Waals surface area (Å²) >= 11 is 0. The van der Waals surface area contributed by atoms with Gasteiger partial charge in [0.2, 0.25) is 11.8 Å². The molecule has 3 aliphatic rings. The number of amides is 2. The molecule has 0 spiro atoms. The highest BCUT2D eigenvalue weighted by molar-refractivity contribution is 5.80. The van der Waals surface area contributed by atoms with Crippen LogP contribution in [0.5, 0.6) is 0 Å². The number of rotatable bonds is 3. The van der Waals surface area contributed by atoms with Gasteiger partial charge in [0.15, 0.2) is 0 Å². The van der Waals surface area contributed by atoms with Crippen molar-refractivity contribution in [1.29, 1.82) is 0 Å². The molecule has 1 atom stereocenters. The highest BCUT2D eigenvalue weighted by Crippen LogP contribution is 2.39. The van der Waals surface area contributed by atoms with Gasteiger partial charge < -0.3 is 9.80 Å². The molecule has 1 aliphatic carbocycles. The van der Waals surface area contributed by atoms with Crippen molar-refractivity contribution in [2.24, 2.45) is 5.92 Å². The van der Waals surface area contributed by atoms with Crippen LogP contribution in [0.25, 0.3) is 0 Å². The number of carbonyl (C=O) groups is 2. The zero-order chi connectivity index (χ0) is 16.7. The molecule has 0 radical (unpaired) electrons. The van der Waals surface area contributed by atoms with Crippen LogP contribution >= 0.6 is 0 Å². The van der Waals surface area contributed by atoms with E-state index in [-0.39, 0.29) is 23.8 Å². The normalized spacial score (nSPS) is 25.3. The summed E-state index contributed by atoms with van der Waals surface area (Å²) in [5.74, 6) is 1.05. The molecule has 1 unspecified atom stereocenters. The molecule has 1 saturated carbocycles. The van der Waals surface area contributed by atoms with Gasteiger partial charge in [0.05, 0.1) is 11.7 Å². The second-order valence-electron chi connectivity index (χ2n) is 7.40. The number of hydrogen-bond acceptors (Lipinski definition) is 4. The van der Waals surface area contributed by atoms with E-state index in [0.717, 1.165) is 38.0 Å². The lowest BCUT2D eigenvalue weighted by Crippen LogP contribution is -2.43. The minimum Gasteiger partial charge on any atom is -0.343 e. The van der Waals surface area contributed by atoms with Gasteiger partial charge in [0.25, 0.3) is 0 Å². The molecule has 7 heteroatoms. The second-order valence-corrected chi connectivity index (χ2v) is 7.40. The SMILES string of the molecule is CC(=O)N1CCC(C(=O)N2CCC(n3cc(C4CC4)nn3)C2)CC1. The molecule has 0 N–H and O–H groups in total. The maximum atomic E-state index is 12.8. The van der Waals surface area contributed by atoms with Crippen molar-refractivity contribution >= 4 is 11.8 Å². The van der Waals surface area contributed by atoms with Gasteiger partial charge in [-0.15, -0.1) is 5.10 Å². The van der Waals surface area contributed by atoms with E-state index in [1.165, 1.54) is 12.8 Å². The van der Waals surface area contributed by atoms with Crippen molar-refractivity contribution < 1.29 is 9.59 Å². The third-order valence-corrected chi connectivity index (χ3v) is 5.66. The van der Waals surface area contributed by atoms with Gasteiger partial charge in [0, 0.05) is 51.1 Å². The van der Waals surface area contributed by atoms with Crippen molar-refractivity contribution in [3.05, 3.63) is 11.9 Å². The predicted octanol–water partition coefficient (Wildman–Crippen LogP) is 1.19. The number of nitrogens with zero attached hydrogens (tertiary/aromatic N) is 5. The Balaban J connectivity index is 1.32. The third-order valence-electron chi connectivity index (χ3n) is 5.66. The third kappa shape index (κ3) is 3.03. The Morgan fingerprint density at radius 3 is 2.42 bits per heavy atom. The minimum atomic E-state index is 0.0668. The first kappa shape index (κ1) is 15.6. The molecule has 4 rings (SSSR count). The summed E-state index contributed by atoms with van der Waals surface area (Å²) in [5.41, 5.74) is 1.11. The number of aromatic nitrogens is 3. The molecule has 3 fully saturated rings. The van der Waals surface area contributed by atoms with Crippen LogP contribution in [0.2, 0.25) is 0 Å². The predicted molar refractivity (Wildman–Crippen MR) is 87.2 cm³/mol. The van der Waals surface area contributed by atoms with E-state index < -0.39 is 0 Å². The Kier molecular flexibility index (Phi) is 4.02. The van der Waals surface area contributed by atoms with Gasteiger partial charge in [-0.1, -0.05) is 5.21 Å². The van der Waals surface area contributed by atoms with Crippen LogP contribution < -0.4 is 0 Å². The average molecular weight is 331 g/mol. The van der Waals surface area contributed by atoms with Crippen LogP contribution in [-0.2, 0) is 9.59 Å². The topological polar surface area (TPSA) is 71.3 Å². The lowest BCUT2D eigenvalue weighted by atomic mass is 9.95. The quantitative estimate of drug-likeness (QED) is 0.834. The van der Waals surface area contributed by atoms with Crippen LogP contribution in [0.15, 0.2) is 6.20 Å². The molecule has 24 heavy (non-hydrogen) atoms. The Morgan fingerprint density at radius 1 is 1.04 bits per heavy atom. The molecule has 7 nitrogen and oxygen atoms in total. The average Bonchev–Trinajstić information content (AvgIpc) is 3.13.